The van der Waals surface area contributed by atoms with Crippen molar-refractivity contribution in [1.82, 2.24) is 9.78 Å². The second-order valence-corrected chi connectivity index (χ2v) is 3.50. The minimum Gasteiger partial charge on any atom is -0.481 e. The van der Waals surface area contributed by atoms with E-state index in [-0.39, 0.29) is 6.42 Å². The second kappa shape index (κ2) is 3.89. The largest absolute Gasteiger partial charge is 0.481 e. The lowest BCUT2D eigenvalue weighted by Gasteiger charge is -2.05. The molecular formula is C7H10BrN3O2. The molecule has 1 aromatic rings. The number of carboxylic acids is 1. The van der Waals surface area contributed by atoms with Gasteiger partial charge in [-0.15, -0.1) is 0 Å². The third-order valence-electron chi connectivity index (χ3n) is 1.60. The average Bonchev–Trinajstić information content (AvgIpc) is 2.28. The van der Waals surface area contributed by atoms with Gasteiger partial charge in [-0.25, -0.2) is 0 Å². The summed E-state index contributed by atoms with van der Waals surface area (Å²) < 4.78 is 2.19. The highest BCUT2D eigenvalue weighted by Gasteiger charge is 2.15. The van der Waals surface area contributed by atoms with Gasteiger partial charge in [-0.1, -0.05) is 0 Å². The van der Waals surface area contributed by atoms with E-state index in [2.05, 4.69) is 21.0 Å². The van der Waals surface area contributed by atoms with E-state index in [0.717, 1.165) is 0 Å². The molecule has 0 radical (unpaired) electrons. The molecule has 0 aliphatic heterocycles. The van der Waals surface area contributed by atoms with Crippen molar-refractivity contribution in [2.24, 2.45) is 12.8 Å². The number of aryl methyl sites for hydroxylation is 1. The molecule has 0 fully saturated rings. The minimum absolute atomic E-state index is 0.0930. The van der Waals surface area contributed by atoms with E-state index >= 15 is 0 Å². The van der Waals surface area contributed by atoms with Crippen molar-refractivity contribution >= 4 is 21.9 Å². The number of carbonyl (C=O) groups is 1. The van der Waals surface area contributed by atoms with Gasteiger partial charge in [-0.3, -0.25) is 9.48 Å². The topological polar surface area (TPSA) is 81.1 Å². The van der Waals surface area contributed by atoms with Crippen molar-refractivity contribution in [3.05, 3.63) is 16.4 Å². The highest BCUT2D eigenvalue weighted by Crippen LogP contribution is 2.21. The molecule has 72 valence electrons. The van der Waals surface area contributed by atoms with Crippen molar-refractivity contribution in [2.75, 3.05) is 0 Å². The van der Waals surface area contributed by atoms with Gasteiger partial charge in [0.15, 0.2) is 0 Å². The summed E-state index contributed by atoms with van der Waals surface area (Å²) in [5.74, 6) is -0.914. The SMILES string of the molecule is Cn1cc([C@@H](N)CC(=O)O)c(Br)n1. The Morgan fingerprint density at radius 3 is 2.92 bits per heavy atom. The number of halogens is 1. The van der Waals surface area contributed by atoms with Gasteiger partial charge in [0.2, 0.25) is 0 Å². The predicted molar refractivity (Wildman–Crippen MR) is 50.1 cm³/mol. The van der Waals surface area contributed by atoms with E-state index < -0.39 is 12.0 Å². The Bertz CT molecular complexity index is 324. The molecule has 13 heavy (non-hydrogen) atoms. The maximum absolute atomic E-state index is 10.4. The standard InChI is InChI=1S/C7H10BrN3O2/c1-11-3-4(7(8)10-11)5(9)2-6(12)13/h3,5H,2,9H2,1H3,(H,12,13)/t5-/m0/s1. The Balaban J connectivity index is 2.81. The number of nitrogens with two attached hydrogens (primary N) is 1. The van der Waals surface area contributed by atoms with Crippen LogP contribution in [0.25, 0.3) is 0 Å². The van der Waals surface area contributed by atoms with E-state index in [1.165, 1.54) is 0 Å². The Hall–Kier alpha value is -0.880. The summed E-state index contributed by atoms with van der Waals surface area (Å²) in [5.41, 5.74) is 6.36. The molecule has 1 rings (SSSR count). The molecule has 0 aliphatic rings. The fraction of sp³-hybridized carbons (Fsp3) is 0.429. The van der Waals surface area contributed by atoms with Crippen molar-refractivity contribution in [2.45, 2.75) is 12.5 Å². The maximum Gasteiger partial charge on any atom is 0.305 e. The van der Waals surface area contributed by atoms with Crippen LogP contribution >= 0.6 is 15.9 Å². The first kappa shape index (κ1) is 10.2. The molecule has 0 spiro atoms. The van der Waals surface area contributed by atoms with Crippen molar-refractivity contribution in [3.8, 4) is 0 Å². The molecule has 0 saturated heterocycles. The van der Waals surface area contributed by atoms with Crippen molar-refractivity contribution in [1.29, 1.82) is 0 Å². The molecule has 1 aromatic heterocycles. The zero-order valence-electron chi connectivity index (χ0n) is 7.07. The molecule has 0 saturated carbocycles. The fourth-order valence-electron chi connectivity index (χ4n) is 1.03. The van der Waals surface area contributed by atoms with Crippen LogP contribution in [0.4, 0.5) is 0 Å². The van der Waals surface area contributed by atoms with E-state index in [4.69, 9.17) is 10.8 Å². The molecule has 0 aromatic carbocycles. The molecule has 1 heterocycles. The smallest absolute Gasteiger partial charge is 0.305 e. The van der Waals surface area contributed by atoms with Gasteiger partial charge in [0.05, 0.1) is 6.42 Å². The van der Waals surface area contributed by atoms with Gasteiger partial charge in [0.1, 0.15) is 4.60 Å². The average molecular weight is 248 g/mol. The quantitative estimate of drug-likeness (QED) is 0.823. The van der Waals surface area contributed by atoms with E-state index in [1.807, 2.05) is 0 Å². The summed E-state index contributed by atoms with van der Waals surface area (Å²) in [7, 11) is 1.75. The van der Waals surface area contributed by atoms with E-state index in [0.29, 0.717) is 10.2 Å². The lowest BCUT2D eigenvalue weighted by atomic mass is 10.1. The first-order valence-corrected chi connectivity index (χ1v) is 4.46. The minimum atomic E-state index is -0.914. The number of carboxylic acid groups (broad SMARTS) is 1. The van der Waals surface area contributed by atoms with Crippen LogP contribution in [0.1, 0.15) is 18.0 Å². The first-order chi connectivity index (χ1) is 6.00. The number of aliphatic carboxylic acids is 1. The molecule has 1 atom stereocenters. The van der Waals surface area contributed by atoms with Crippen LogP contribution in [0.3, 0.4) is 0 Å². The number of nitrogens with zero attached hydrogens (tertiary/aromatic N) is 2. The summed E-state index contributed by atoms with van der Waals surface area (Å²) in [6.07, 6.45) is 1.61. The lowest BCUT2D eigenvalue weighted by molar-refractivity contribution is -0.137. The summed E-state index contributed by atoms with van der Waals surface area (Å²) in [4.78, 5) is 10.4. The summed E-state index contributed by atoms with van der Waals surface area (Å²) >= 11 is 3.20. The Labute approximate surface area is 83.7 Å². The van der Waals surface area contributed by atoms with Crippen molar-refractivity contribution in [3.63, 3.8) is 0 Å². The summed E-state index contributed by atoms with van der Waals surface area (Å²) in [6.45, 7) is 0. The van der Waals surface area contributed by atoms with Crippen molar-refractivity contribution < 1.29 is 9.90 Å². The molecule has 3 N–H and O–H groups in total. The van der Waals surface area contributed by atoms with Crippen LogP contribution in [-0.2, 0) is 11.8 Å². The van der Waals surface area contributed by atoms with Crippen LogP contribution in [0.15, 0.2) is 10.8 Å². The predicted octanol–water partition coefficient (Wildman–Crippen LogP) is 0.657. The summed E-state index contributed by atoms with van der Waals surface area (Å²) in [5, 5.41) is 12.5. The Kier molecular flexibility index (Phi) is 3.05. The van der Waals surface area contributed by atoms with Gasteiger partial charge in [-0.2, -0.15) is 5.10 Å². The highest BCUT2D eigenvalue weighted by molar-refractivity contribution is 9.10. The molecular weight excluding hydrogens is 238 g/mol. The molecule has 0 unspecified atom stereocenters. The van der Waals surface area contributed by atoms with E-state index in [9.17, 15) is 4.79 Å². The van der Waals surface area contributed by atoms with Crippen LogP contribution in [0.2, 0.25) is 0 Å². The number of hydrogen-bond acceptors (Lipinski definition) is 3. The van der Waals surface area contributed by atoms with Crippen LogP contribution in [0.5, 0.6) is 0 Å². The maximum atomic E-state index is 10.4. The number of aromatic nitrogens is 2. The number of rotatable bonds is 3. The molecule has 5 nitrogen and oxygen atoms in total. The van der Waals surface area contributed by atoms with Gasteiger partial charge in [0.25, 0.3) is 0 Å². The Morgan fingerprint density at radius 1 is 1.92 bits per heavy atom. The monoisotopic (exact) mass is 247 g/mol. The van der Waals surface area contributed by atoms with Gasteiger partial charge in [-0.05, 0) is 15.9 Å². The lowest BCUT2D eigenvalue weighted by Crippen LogP contribution is -2.14. The highest BCUT2D eigenvalue weighted by atomic mass is 79.9. The normalized spacial score (nSPS) is 12.8. The first-order valence-electron chi connectivity index (χ1n) is 3.67. The third kappa shape index (κ3) is 2.53. The zero-order valence-corrected chi connectivity index (χ0v) is 8.65. The van der Waals surface area contributed by atoms with Gasteiger partial charge in [0, 0.05) is 24.8 Å². The molecule has 0 aliphatic carbocycles. The summed E-state index contributed by atoms with van der Waals surface area (Å²) in [6, 6.07) is -0.513. The third-order valence-corrected chi connectivity index (χ3v) is 2.22. The van der Waals surface area contributed by atoms with Crippen LogP contribution in [0, 0.1) is 0 Å². The zero-order chi connectivity index (χ0) is 10.0. The Morgan fingerprint density at radius 2 is 2.54 bits per heavy atom. The van der Waals surface area contributed by atoms with Gasteiger partial charge < -0.3 is 10.8 Å². The fourth-order valence-corrected chi connectivity index (χ4v) is 1.67. The molecule has 0 amide bonds. The molecule has 6 heteroatoms. The second-order valence-electron chi connectivity index (χ2n) is 2.75. The molecule has 0 bridgehead atoms. The van der Waals surface area contributed by atoms with Crippen LogP contribution < -0.4 is 5.73 Å². The van der Waals surface area contributed by atoms with Gasteiger partial charge >= 0.3 is 5.97 Å². The number of hydrogen-bond donors (Lipinski definition) is 2. The van der Waals surface area contributed by atoms with E-state index in [1.54, 1.807) is 17.9 Å². The van der Waals surface area contributed by atoms with Crippen LogP contribution in [-0.4, -0.2) is 20.9 Å².